The third kappa shape index (κ3) is 4.88. The second-order valence-electron chi connectivity index (χ2n) is 8.44. The summed E-state index contributed by atoms with van der Waals surface area (Å²) in [5, 5.41) is 3.38. The SMILES string of the molecule is CC[C@@H](Nc1c(Cl)c(C)nc2cc(F)c(-c3cnc(P(C)(C)=O)nc3)nc12)c1cccc(F)c1F. The van der Waals surface area contributed by atoms with Gasteiger partial charge in [-0.1, -0.05) is 30.7 Å². The number of pyridine rings is 2. The molecule has 4 rings (SSSR count). The zero-order valence-corrected chi connectivity index (χ0v) is 21.1. The molecule has 0 fully saturated rings. The van der Waals surface area contributed by atoms with Crippen LogP contribution in [-0.2, 0) is 4.57 Å². The second-order valence-corrected chi connectivity index (χ2v) is 11.9. The van der Waals surface area contributed by atoms with E-state index in [1.54, 1.807) is 6.92 Å². The number of anilines is 1. The molecule has 0 radical (unpaired) electrons. The molecule has 0 aliphatic rings. The van der Waals surface area contributed by atoms with Gasteiger partial charge in [0.15, 0.2) is 23.0 Å². The summed E-state index contributed by atoms with van der Waals surface area (Å²) in [6.07, 6.45) is 3.11. The van der Waals surface area contributed by atoms with Crippen LogP contribution in [0.3, 0.4) is 0 Å². The molecular weight excluding hydrogens is 498 g/mol. The molecule has 0 amide bonds. The summed E-state index contributed by atoms with van der Waals surface area (Å²) >= 11 is 6.56. The lowest BCUT2D eigenvalue weighted by molar-refractivity contribution is 0.490. The molecule has 0 aliphatic heterocycles. The predicted molar refractivity (Wildman–Crippen MR) is 132 cm³/mol. The molecule has 35 heavy (non-hydrogen) atoms. The third-order valence-corrected chi connectivity index (χ3v) is 7.15. The molecule has 1 N–H and O–H groups in total. The number of benzene rings is 1. The molecule has 3 aromatic heterocycles. The van der Waals surface area contributed by atoms with E-state index in [0.29, 0.717) is 17.8 Å². The van der Waals surface area contributed by atoms with Crippen molar-refractivity contribution in [3.63, 3.8) is 0 Å². The normalized spacial score (nSPS) is 12.7. The van der Waals surface area contributed by atoms with Gasteiger partial charge in [0.2, 0.25) is 0 Å². The molecule has 0 saturated heterocycles. The van der Waals surface area contributed by atoms with E-state index in [-0.39, 0.29) is 38.4 Å². The minimum absolute atomic E-state index is 0.0548. The maximum atomic E-state index is 15.0. The summed E-state index contributed by atoms with van der Waals surface area (Å²) in [6.45, 7) is 6.54. The highest BCUT2D eigenvalue weighted by Crippen LogP contribution is 2.37. The third-order valence-electron chi connectivity index (χ3n) is 5.49. The first-order valence-corrected chi connectivity index (χ1v) is 13.7. The van der Waals surface area contributed by atoms with Crippen LogP contribution < -0.4 is 10.9 Å². The molecule has 0 bridgehead atoms. The van der Waals surface area contributed by atoms with Gasteiger partial charge in [0.1, 0.15) is 18.4 Å². The summed E-state index contributed by atoms with van der Waals surface area (Å²) < 4.78 is 55.7. The number of aromatic nitrogens is 4. The van der Waals surface area contributed by atoms with Crippen LogP contribution in [0.1, 0.15) is 30.6 Å². The number of nitrogens with zero attached hydrogens (tertiary/aromatic N) is 4. The Morgan fingerprint density at radius 1 is 1.09 bits per heavy atom. The van der Waals surface area contributed by atoms with Crippen molar-refractivity contribution in [1.29, 1.82) is 0 Å². The van der Waals surface area contributed by atoms with Crippen LogP contribution in [0, 0.1) is 24.4 Å². The molecule has 1 aromatic carbocycles. The molecule has 0 spiro atoms. The van der Waals surface area contributed by atoms with Crippen molar-refractivity contribution < 1.29 is 17.7 Å². The maximum Gasteiger partial charge on any atom is 0.188 e. The number of fused-ring (bicyclic) bond motifs is 1. The largest absolute Gasteiger partial charge is 0.375 e. The van der Waals surface area contributed by atoms with Crippen molar-refractivity contribution in [3.8, 4) is 11.3 Å². The first-order chi connectivity index (χ1) is 16.5. The Morgan fingerprint density at radius 3 is 2.40 bits per heavy atom. The predicted octanol–water partition coefficient (Wildman–Crippen LogP) is 6.28. The van der Waals surface area contributed by atoms with Gasteiger partial charge in [-0.25, -0.2) is 33.1 Å². The monoisotopic (exact) mass is 519 g/mol. The molecular formula is C24H22ClF3N5OP. The fourth-order valence-electron chi connectivity index (χ4n) is 3.68. The number of hydrogen-bond donors (Lipinski definition) is 1. The Balaban J connectivity index is 1.86. The quantitative estimate of drug-likeness (QED) is 0.302. The summed E-state index contributed by atoms with van der Waals surface area (Å²) in [5.41, 5.74) is 1.72. The van der Waals surface area contributed by atoms with E-state index in [2.05, 4.69) is 25.3 Å². The lowest BCUT2D eigenvalue weighted by Gasteiger charge is -2.22. The number of rotatable bonds is 6. The summed E-state index contributed by atoms with van der Waals surface area (Å²) in [4.78, 5) is 17.0. The standard InChI is InChI=1S/C24H22ClF3N5OP/c1-5-17(14-7-6-8-15(26)20(14)28)32-23-19(25)12(2)31-18-9-16(27)21(33-22(18)23)13-10-29-24(30-11-13)35(3,4)34/h6-11,17H,5H2,1-4H3,(H,31,32)/t17-/m1/s1. The van der Waals surface area contributed by atoms with Crippen molar-refractivity contribution >= 4 is 41.0 Å². The summed E-state index contributed by atoms with van der Waals surface area (Å²) in [7, 11) is -2.69. The highest BCUT2D eigenvalue weighted by molar-refractivity contribution is 7.69. The molecule has 3 heterocycles. The van der Waals surface area contributed by atoms with Crippen molar-refractivity contribution in [2.45, 2.75) is 26.3 Å². The average molecular weight is 520 g/mol. The van der Waals surface area contributed by atoms with Gasteiger partial charge < -0.3 is 9.88 Å². The van der Waals surface area contributed by atoms with Crippen molar-refractivity contribution in [2.75, 3.05) is 18.6 Å². The van der Waals surface area contributed by atoms with Gasteiger partial charge in [-0.3, -0.25) is 0 Å². The van der Waals surface area contributed by atoms with Gasteiger partial charge in [0.25, 0.3) is 0 Å². The Kier molecular flexibility index (Phi) is 6.84. The van der Waals surface area contributed by atoms with E-state index in [4.69, 9.17) is 11.6 Å². The van der Waals surface area contributed by atoms with E-state index in [1.165, 1.54) is 43.9 Å². The van der Waals surface area contributed by atoms with Gasteiger partial charge >= 0.3 is 0 Å². The zero-order valence-electron chi connectivity index (χ0n) is 19.4. The first-order valence-electron chi connectivity index (χ1n) is 10.8. The smallest absolute Gasteiger partial charge is 0.188 e. The van der Waals surface area contributed by atoms with Gasteiger partial charge in [-0.05, 0) is 32.7 Å². The van der Waals surface area contributed by atoms with E-state index >= 15 is 4.39 Å². The van der Waals surface area contributed by atoms with Gasteiger partial charge in [0, 0.05) is 29.6 Å². The first kappa shape index (κ1) is 25.1. The molecule has 0 unspecified atom stereocenters. The lowest BCUT2D eigenvalue weighted by atomic mass is 10.0. The average Bonchev–Trinajstić information content (AvgIpc) is 2.81. The van der Waals surface area contributed by atoms with Crippen LogP contribution in [0.25, 0.3) is 22.3 Å². The molecule has 182 valence electrons. The lowest BCUT2D eigenvalue weighted by Crippen LogP contribution is -2.14. The highest BCUT2D eigenvalue weighted by Gasteiger charge is 2.23. The number of aryl methyl sites for hydroxylation is 1. The summed E-state index contributed by atoms with van der Waals surface area (Å²) in [5.74, 6) is -2.58. The van der Waals surface area contributed by atoms with Crippen LogP contribution in [0.4, 0.5) is 18.9 Å². The Labute approximate surface area is 205 Å². The zero-order chi connectivity index (χ0) is 25.5. The molecule has 1 atom stereocenters. The van der Waals surface area contributed by atoms with Crippen molar-refractivity contribution in [3.05, 3.63) is 70.4 Å². The molecule has 0 saturated carbocycles. The van der Waals surface area contributed by atoms with Crippen molar-refractivity contribution in [1.82, 2.24) is 19.9 Å². The minimum Gasteiger partial charge on any atom is -0.375 e. The topological polar surface area (TPSA) is 80.7 Å². The van der Waals surface area contributed by atoms with Gasteiger partial charge in [0.05, 0.1) is 28.0 Å². The van der Waals surface area contributed by atoms with Crippen LogP contribution in [-0.4, -0.2) is 33.3 Å². The van der Waals surface area contributed by atoms with E-state index in [9.17, 15) is 13.3 Å². The van der Waals surface area contributed by atoms with E-state index in [0.717, 1.165) is 6.07 Å². The molecule has 0 aliphatic carbocycles. The van der Waals surface area contributed by atoms with Crippen molar-refractivity contribution in [2.24, 2.45) is 0 Å². The Morgan fingerprint density at radius 2 is 1.77 bits per heavy atom. The number of hydrogen-bond acceptors (Lipinski definition) is 6. The fourth-order valence-corrected chi connectivity index (χ4v) is 4.54. The molecule has 4 aromatic rings. The second kappa shape index (κ2) is 9.55. The van der Waals surface area contributed by atoms with Crippen LogP contribution >= 0.6 is 18.7 Å². The number of halogens is 4. The Bertz CT molecular complexity index is 1480. The molecule has 11 heteroatoms. The van der Waals surface area contributed by atoms with Gasteiger partial charge in [-0.15, -0.1) is 0 Å². The van der Waals surface area contributed by atoms with Crippen LogP contribution in [0.2, 0.25) is 5.02 Å². The fraction of sp³-hybridized carbons (Fsp3) is 0.250. The summed E-state index contributed by atoms with van der Waals surface area (Å²) in [6, 6.07) is 4.53. The highest BCUT2D eigenvalue weighted by atomic mass is 35.5. The van der Waals surface area contributed by atoms with Crippen LogP contribution in [0.15, 0.2) is 36.7 Å². The Hall–Kier alpha value is -3.03. The number of nitrogens with one attached hydrogen (secondary N) is 1. The van der Waals surface area contributed by atoms with E-state index in [1.807, 2.05) is 6.92 Å². The minimum atomic E-state index is -2.69. The van der Waals surface area contributed by atoms with E-state index < -0.39 is 30.6 Å². The molecule has 6 nitrogen and oxygen atoms in total. The van der Waals surface area contributed by atoms with Crippen LogP contribution in [0.5, 0.6) is 0 Å². The van der Waals surface area contributed by atoms with Gasteiger partial charge in [-0.2, -0.15) is 0 Å². The maximum absolute atomic E-state index is 15.0.